The Kier molecular flexibility index (Phi) is 5.20. The third kappa shape index (κ3) is 4.00. The number of nitrogens with zero attached hydrogens (tertiary/aromatic N) is 3. The van der Waals surface area contributed by atoms with Crippen molar-refractivity contribution in [2.45, 2.75) is 0 Å². The Morgan fingerprint density at radius 1 is 0.886 bits per heavy atom. The fraction of sp³-hybridized carbons (Fsp3) is 0.0357. The van der Waals surface area contributed by atoms with Gasteiger partial charge >= 0.3 is 0 Å². The SMILES string of the molecule is O=C(N/N=C\c1ccc2c(c1)OCO2)c1cc(-c2cccc3ccccc23)n(-c2ccccc2)n1. The van der Waals surface area contributed by atoms with Gasteiger partial charge in [0.1, 0.15) is 0 Å². The molecule has 7 heteroatoms. The normalized spacial score (nSPS) is 12.3. The number of hydrogen-bond donors (Lipinski definition) is 1. The third-order valence-corrected chi connectivity index (χ3v) is 5.78. The molecule has 0 aliphatic carbocycles. The number of benzene rings is 4. The maximum Gasteiger partial charge on any atom is 0.291 e. The zero-order valence-electron chi connectivity index (χ0n) is 18.6. The number of carbonyl (C=O) groups is 1. The van der Waals surface area contributed by atoms with Crippen LogP contribution >= 0.6 is 0 Å². The highest BCUT2D eigenvalue weighted by Crippen LogP contribution is 2.32. The summed E-state index contributed by atoms with van der Waals surface area (Å²) in [6, 6.07) is 31.3. The van der Waals surface area contributed by atoms with Crippen LogP contribution in [0.15, 0.2) is 102 Å². The monoisotopic (exact) mass is 460 g/mol. The van der Waals surface area contributed by atoms with Crippen molar-refractivity contribution in [1.82, 2.24) is 15.2 Å². The van der Waals surface area contributed by atoms with Gasteiger partial charge in [-0.1, -0.05) is 60.7 Å². The van der Waals surface area contributed by atoms with Crippen molar-refractivity contribution in [1.29, 1.82) is 0 Å². The zero-order chi connectivity index (χ0) is 23.6. The van der Waals surface area contributed by atoms with Crippen LogP contribution in [0.2, 0.25) is 0 Å². The largest absolute Gasteiger partial charge is 0.454 e. The summed E-state index contributed by atoms with van der Waals surface area (Å²) in [5.74, 6) is 0.943. The van der Waals surface area contributed by atoms with Crippen LogP contribution in [0.3, 0.4) is 0 Å². The Balaban J connectivity index is 1.34. The summed E-state index contributed by atoms with van der Waals surface area (Å²) in [6.45, 7) is 0.204. The van der Waals surface area contributed by atoms with Gasteiger partial charge in [0.05, 0.1) is 17.6 Å². The molecule has 35 heavy (non-hydrogen) atoms. The molecule has 0 spiro atoms. The zero-order valence-corrected chi connectivity index (χ0v) is 18.6. The van der Waals surface area contributed by atoms with Gasteiger partial charge in [0.15, 0.2) is 17.2 Å². The molecule has 1 aliphatic heterocycles. The molecule has 1 aliphatic rings. The molecule has 0 radical (unpaired) electrons. The fourth-order valence-electron chi connectivity index (χ4n) is 4.11. The minimum absolute atomic E-state index is 0.204. The molecular formula is C28H20N4O3. The van der Waals surface area contributed by atoms with Gasteiger partial charge in [0.25, 0.3) is 5.91 Å². The van der Waals surface area contributed by atoms with Gasteiger partial charge in [-0.3, -0.25) is 4.79 Å². The van der Waals surface area contributed by atoms with E-state index in [0.717, 1.165) is 33.3 Å². The van der Waals surface area contributed by atoms with Crippen LogP contribution in [-0.2, 0) is 0 Å². The van der Waals surface area contributed by atoms with Crippen LogP contribution in [0, 0.1) is 0 Å². The molecule has 0 unspecified atom stereocenters. The number of aromatic nitrogens is 2. The molecule has 4 aromatic carbocycles. The summed E-state index contributed by atoms with van der Waals surface area (Å²) in [4.78, 5) is 13.0. The van der Waals surface area contributed by atoms with E-state index in [-0.39, 0.29) is 12.5 Å². The molecule has 7 nitrogen and oxygen atoms in total. The van der Waals surface area contributed by atoms with E-state index in [9.17, 15) is 4.79 Å². The maximum absolute atomic E-state index is 13.0. The second-order valence-corrected chi connectivity index (χ2v) is 8.00. The van der Waals surface area contributed by atoms with E-state index in [2.05, 4.69) is 33.8 Å². The number of para-hydroxylation sites is 1. The summed E-state index contributed by atoms with van der Waals surface area (Å²) in [7, 11) is 0. The third-order valence-electron chi connectivity index (χ3n) is 5.78. The lowest BCUT2D eigenvalue weighted by Crippen LogP contribution is -2.18. The van der Waals surface area contributed by atoms with E-state index in [4.69, 9.17) is 9.47 Å². The first-order valence-electron chi connectivity index (χ1n) is 11.1. The van der Waals surface area contributed by atoms with Crippen molar-refractivity contribution in [2.24, 2.45) is 5.10 Å². The molecule has 5 aromatic rings. The summed E-state index contributed by atoms with van der Waals surface area (Å²) < 4.78 is 12.5. The molecule has 0 atom stereocenters. The van der Waals surface area contributed by atoms with Crippen molar-refractivity contribution < 1.29 is 14.3 Å². The van der Waals surface area contributed by atoms with Gasteiger partial charge in [0, 0.05) is 5.56 Å². The number of nitrogens with one attached hydrogen (secondary N) is 1. The van der Waals surface area contributed by atoms with Crippen molar-refractivity contribution in [2.75, 3.05) is 6.79 Å². The summed E-state index contributed by atoms with van der Waals surface area (Å²) >= 11 is 0. The van der Waals surface area contributed by atoms with E-state index in [1.165, 1.54) is 0 Å². The van der Waals surface area contributed by atoms with E-state index < -0.39 is 5.91 Å². The Labute approximate surface area is 201 Å². The molecule has 6 rings (SSSR count). The molecule has 1 N–H and O–H groups in total. The quantitative estimate of drug-likeness (QED) is 0.289. The van der Waals surface area contributed by atoms with Crippen LogP contribution in [0.5, 0.6) is 11.5 Å². The number of fused-ring (bicyclic) bond motifs is 2. The first-order valence-corrected chi connectivity index (χ1v) is 11.1. The molecule has 2 heterocycles. The molecule has 0 bridgehead atoms. The second kappa shape index (κ2) is 8.79. The predicted octanol–water partition coefficient (Wildman–Crippen LogP) is 5.19. The van der Waals surface area contributed by atoms with Crippen molar-refractivity contribution in [3.05, 3.63) is 108 Å². The number of carbonyl (C=O) groups excluding carboxylic acids is 1. The number of ether oxygens (including phenoxy) is 2. The second-order valence-electron chi connectivity index (χ2n) is 8.00. The fourth-order valence-corrected chi connectivity index (χ4v) is 4.11. The van der Waals surface area contributed by atoms with Crippen LogP contribution in [0.25, 0.3) is 27.7 Å². The molecule has 0 saturated carbocycles. The topological polar surface area (TPSA) is 77.7 Å². The average molecular weight is 460 g/mol. The maximum atomic E-state index is 13.0. The van der Waals surface area contributed by atoms with Crippen LogP contribution in [0.1, 0.15) is 16.1 Å². The predicted molar refractivity (Wildman–Crippen MR) is 134 cm³/mol. The molecule has 170 valence electrons. The van der Waals surface area contributed by atoms with E-state index >= 15 is 0 Å². The van der Waals surface area contributed by atoms with Gasteiger partial charge in [-0.05, 0) is 52.7 Å². The number of hydrazone groups is 1. The van der Waals surface area contributed by atoms with Gasteiger partial charge in [-0.25, -0.2) is 10.1 Å². The van der Waals surface area contributed by atoms with Crippen LogP contribution in [0.4, 0.5) is 0 Å². The highest BCUT2D eigenvalue weighted by molar-refractivity contribution is 5.99. The van der Waals surface area contributed by atoms with Gasteiger partial charge < -0.3 is 9.47 Å². The van der Waals surface area contributed by atoms with Gasteiger partial charge in [-0.15, -0.1) is 0 Å². The highest BCUT2D eigenvalue weighted by Gasteiger charge is 2.18. The Bertz CT molecular complexity index is 1570. The first kappa shape index (κ1) is 20.7. The van der Waals surface area contributed by atoms with E-state index in [1.54, 1.807) is 23.0 Å². The minimum atomic E-state index is -0.404. The standard InChI is InChI=1S/C28H20N4O3/c33-28(30-29-17-19-13-14-26-27(15-19)35-18-34-26)24-16-25(32(31-24)21-9-2-1-3-10-21)23-12-6-8-20-7-4-5-11-22(20)23/h1-17H,18H2,(H,30,33)/b29-17-. The molecule has 1 amide bonds. The van der Waals surface area contributed by atoms with Crippen LogP contribution in [-0.4, -0.2) is 28.7 Å². The highest BCUT2D eigenvalue weighted by atomic mass is 16.7. The smallest absolute Gasteiger partial charge is 0.291 e. The Morgan fingerprint density at radius 2 is 1.69 bits per heavy atom. The molecular weight excluding hydrogens is 440 g/mol. The van der Waals surface area contributed by atoms with E-state index in [0.29, 0.717) is 11.5 Å². The first-order chi connectivity index (χ1) is 17.3. The Morgan fingerprint density at radius 3 is 2.60 bits per heavy atom. The lowest BCUT2D eigenvalue weighted by molar-refractivity contribution is 0.0949. The van der Waals surface area contributed by atoms with Gasteiger partial charge in [0.2, 0.25) is 6.79 Å². The molecule has 0 saturated heterocycles. The molecule has 0 fully saturated rings. The number of hydrogen-bond acceptors (Lipinski definition) is 5. The van der Waals surface area contributed by atoms with Crippen molar-refractivity contribution >= 4 is 22.9 Å². The lowest BCUT2D eigenvalue weighted by Gasteiger charge is -2.10. The minimum Gasteiger partial charge on any atom is -0.454 e. The Hall–Kier alpha value is -4.91. The number of rotatable bonds is 5. The average Bonchev–Trinajstić information content (AvgIpc) is 3.56. The lowest BCUT2D eigenvalue weighted by atomic mass is 10.0. The van der Waals surface area contributed by atoms with Crippen LogP contribution < -0.4 is 14.9 Å². The van der Waals surface area contributed by atoms with Crippen molar-refractivity contribution in [3.8, 4) is 28.4 Å². The van der Waals surface area contributed by atoms with E-state index in [1.807, 2.05) is 66.7 Å². The van der Waals surface area contributed by atoms with Gasteiger partial charge in [-0.2, -0.15) is 10.2 Å². The number of amides is 1. The summed E-state index contributed by atoms with van der Waals surface area (Å²) in [6.07, 6.45) is 1.56. The summed E-state index contributed by atoms with van der Waals surface area (Å²) in [5.41, 5.74) is 6.29. The summed E-state index contributed by atoms with van der Waals surface area (Å²) in [5, 5.41) is 10.9. The molecule has 1 aromatic heterocycles. The van der Waals surface area contributed by atoms with Crippen molar-refractivity contribution in [3.63, 3.8) is 0 Å².